The highest BCUT2D eigenvalue weighted by atomic mass is 16.2. The number of hydrogen-bond acceptors (Lipinski definition) is 5. The quantitative estimate of drug-likeness (QED) is 0.271. The second-order valence-electron chi connectivity index (χ2n) is 9.09. The Bertz CT molecular complexity index is 977. The van der Waals surface area contributed by atoms with Crippen LogP contribution >= 0.6 is 0 Å². The maximum absolute atomic E-state index is 12.6. The average molecular weight is 494 g/mol. The molecule has 1 aliphatic rings. The molecule has 0 aliphatic heterocycles. The van der Waals surface area contributed by atoms with E-state index in [2.05, 4.69) is 29.8 Å². The van der Waals surface area contributed by atoms with Crippen molar-refractivity contribution in [1.29, 1.82) is 0 Å². The van der Waals surface area contributed by atoms with Crippen LogP contribution in [0, 0.1) is 0 Å². The first-order valence-electron chi connectivity index (χ1n) is 13.6. The molecule has 0 saturated carbocycles. The lowest BCUT2D eigenvalue weighted by Crippen LogP contribution is -2.26. The highest BCUT2D eigenvalue weighted by Crippen LogP contribution is 2.27. The molecule has 0 bridgehead atoms. The van der Waals surface area contributed by atoms with Crippen LogP contribution in [0.2, 0.25) is 0 Å². The molecule has 1 aliphatic carbocycles. The number of unbranched alkanes of at least 4 members (excludes halogenated alkanes) is 4. The van der Waals surface area contributed by atoms with Gasteiger partial charge in [-0.25, -0.2) is 0 Å². The number of carbonyl (C=O) groups excluding carboxylic acids is 3. The van der Waals surface area contributed by atoms with Crippen LogP contribution in [-0.4, -0.2) is 50.2 Å². The zero-order valence-corrected chi connectivity index (χ0v) is 22.3. The number of hydrogen-bond donors (Lipinski definition) is 3. The second-order valence-corrected chi connectivity index (χ2v) is 9.09. The fourth-order valence-electron chi connectivity index (χ4n) is 4.02. The van der Waals surface area contributed by atoms with E-state index in [1.807, 2.05) is 6.92 Å². The summed E-state index contributed by atoms with van der Waals surface area (Å²) in [6, 6.07) is 11.5. The van der Waals surface area contributed by atoms with Crippen molar-refractivity contribution in [2.24, 2.45) is 0 Å². The lowest BCUT2D eigenvalue weighted by molar-refractivity contribution is 0.0950. The third-order valence-corrected chi connectivity index (χ3v) is 6.17. The Labute approximate surface area is 216 Å². The zero-order valence-electron chi connectivity index (χ0n) is 22.3. The molecule has 2 aromatic rings. The molecule has 0 aromatic heterocycles. The van der Waals surface area contributed by atoms with E-state index in [9.17, 15) is 14.4 Å². The Morgan fingerprint density at radius 1 is 0.639 bits per heavy atom. The van der Waals surface area contributed by atoms with Gasteiger partial charge >= 0.3 is 0 Å². The first-order valence-corrected chi connectivity index (χ1v) is 13.6. The van der Waals surface area contributed by atoms with Crippen molar-refractivity contribution in [1.82, 2.24) is 16.0 Å². The first kappa shape index (κ1) is 29.4. The smallest absolute Gasteiger partial charge is 0.251 e. The Balaban J connectivity index is 0.000000302. The number of ketones is 2. The minimum atomic E-state index is -0.222. The highest BCUT2D eigenvalue weighted by Gasteiger charge is 2.29. The van der Waals surface area contributed by atoms with Gasteiger partial charge in [-0.2, -0.15) is 0 Å². The molecule has 3 N–H and O–H groups in total. The summed E-state index contributed by atoms with van der Waals surface area (Å²) < 4.78 is 0. The van der Waals surface area contributed by atoms with Crippen LogP contribution in [-0.2, 0) is 0 Å². The van der Waals surface area contributed by atoms with Gasteiger partial charge in [0.15, 0.2) is 11.6 Å². The SMILES string of the molecule is CCCCCNCCCCNCC.CCCCNC(=O)c1ccc2c(c1)C(=O)c1ccccc1C2=O. The molecule has 3 rings (SSSR count). The van der Waals surface area contributed by atoms with Crippen LogP contribution in [0.3, 0.4) is 0 Å². The normalized spacial score (nSPS) is 11.9. The molecule has 0 saturated heterocycles. The van der Waals surface area contributed by atoms with E-state index in [-0.39, 0.29) is 17.5 Å². The maximum Gasteiger partial charge on any atom is 0.251 e. The number of fused-ring (bicyclic) bond motifs is 2. The summed E-state index contributed by atoms with van der Waals surface area (Å²) in [7, 11) is 0. The molecular weight excluding hydrogens is 450 g/mol. The largest absolute Gasteiger partial charge is 0.352 e. The lowest BCUT2D eigenvalue weighted by Gasteiger charge is -2.17. The van der Waals surface area contributed by atoms with Crippen molar-refractivity contribution in [2.75, 3.05) is 32.7 Å². The second kappa shape index (κ2) is 16.8. The van der Waals surface area contributed by atoms with Gasteiger partial charge in [-0.05, 0) is 70.1 Å². The monoisotopic (exact) mass is 493 g/mol. The number of amides is 1. The van der Waals surface area contributed by atoms with E-state index in [0.29, 0.717) is 34.4 Å². The molecule has 2 aromatic carbocycles. The van der Waals surface area contributed by atoms with Gasteiger partial charge in [-0.3, -0.25) is 14.4 Å². The van der Waals surface area contributed by atoms with Gasteiger partial charge in [-0.15, -0.1) is 0 Å². The summed E-state index contributed by atoms with van der Waals surface area (Å²) in [5.74, 6) is -0.605. The van der Waals surface area contributed by atoms with Crippen LogP contribution in [0.4, 0.5) is 0 Å². The fourth-order valence-corrected chi connectivity index (χ4v) is 4.02. The number of carbonyl (C=O) groups is 3. The van der Waals surface area contributed by atoms with Crippen molar-refractivity contribution in [3.63, 3.8) is 0 Å². The molecule has 6 heteroatoms. The Kier molecular flexibility index (Phi) is 13.7. The minimum Gasteiger partial charge on any atom is -0.352 e. The molecule has 0 spiro atoms. The van der Waals surface area contributed by atoms with Gasteiger partial charge in [0.25, 0.3) is 5.91 Å². The third kappa shape index (κ3) is 8.99. The van der Waals surface area contributed by atoms with Gasteiger partial charge in [0.05, 0.1) is 0 Å². The van der Waals surface area contributed by atoms with E-state index in [1.54, 1.807) is 36.4 Å². The van der Waals surface area contributed by atoms with Crippen molar-refractivity contribution in [2.45, 2.75) is 65.7 Å². The summed E-state index contributed by atoms with van der Waals surface area (Å²) in [4.78, 5) is 37.2. The van der Waals surface area contributed by atoms with E-state index < -0.39 is 0 Å². The van der Waals surface area contributed by atoms with Crippen LogP contribution < -0.4 is 16.0 Å². The van der Waals surface area contributed by atoms with Crippen molar-refractivity contribution in [3.8, 4) is 0 Å². The summed E-state index contributed by atoms with van der Waals surface area (Å²) >= 11 is 0. The lowest BCUT2D eigenvalue weighted by atomic mass is 9.83. The highest BCUT2D eigenvalue weighted by molar-refractivity contribution is 6.28. The number of benzene rings is 2. The van der Waals surface area contributed by atoms with Crippen LogP contribution in [0.15, 0.2) is 42.5 Å². The van der Waals surface area contributed by atoms with E-state index >= 15 is 0 Å². The molecule has 6 nitrogen and oxygen atoms in total. The predicted molar refractivity (Wildman–Crippen MR) is 147 cm³/mol. The summed E-state index contributed by atoms with van der Waals surface area (Å²) in [5, 5.41) is 9.62. The van der Waals surface area contributed by atoms with Crippen LogP contribution in [0.1, 0.15) is 108 Å². The van der Waals surface area contributed by atoms with Gasteiger partial charge in [0.2, 0.25) is 0 Å². The summed E-state index contributed by atoms with van der Waals surface area (Å²) in [6.45, 7) is 11.7. The molecule has 36 heavy (non-hydrogen) atoms. The van der Waals surface area contributed by atoms with Crippen molar-refractivity contribution in [3.05, 3.63) is 70.3 Å². The Morgan fingerprint density at radius 2 is 1.19 bits per heavy atom. The molecule has 1 amide bonds. The minimum absolute atomic E-state index is 0.173. The van der Waals surface area contributed by atoms with Crippen molar-refractivity contribution >= 4 is 17.5 Å². The molecule has 0 heterocycles. The third-order valence-electron chi connectivity index (χ3n) is 6.17. The van der Waals surface area contributed by atoms with E-state index in [4.69, 9.17) is 0 Å². The van der Waals surface area contributed by atoms with Gasteiger partial charge in [0, 0.05) is 34.4 Å². The van der Waals surface area contributed by atoms with Gasteiger partial charge in [0.1, 0.15) is 0 Å². The molecule has 0 fully saturated rings. The number of rotatable bonds is 14. The Hall–Kier alpha value is -2.83. The van der Waals surface area contributed by atoms with Crippen LogP contribution in [0.25, 0.3) is 0 Å². The fraction of sp³-hybridized carbons (Fsp3) is 0.500. The zero-order chi connectivity index (χ0) is 26.2. The maximum atomic E-state index is 12.6. The molecule has 0 radical (unpaired) electrons. The summed E-state index contributed by atoms with van der Waals surface area (Å²) in [6.07, 6.45) is 8.53. The van der Waals surface area contributed by atoms with Gasteiger partial charge in [-0.1, -0.05) is 64.3 Å². The van der Waals surface area contributed by atoms with Crippen molar-refractivity contribution < 1.29 is 14.4 Å². The van der Waals surface area contributed by atoms with Gasteiger partial charge < -0.3 is 16.0 Å². The van der Waals surface area contributed by atoms with E-state index in [0.717, 1.165) is 19.4 Å². The first-order chi connectivity index (χ1) is 17.5. The molecule has 196 valence electrons. The average Bonchev–Trinajstić information content (AvgIpc) is 2.91. The topological polar surface area (TPSA) is 87.3 Å². The summed E-state index contributed by atoms with van der Waals surface area (Å²) in [5.41, 5.74) is 1.88. The predicted octanol–water partition coefficient (Wildman–Crippen LogP) is 5.15. The van der Waals surface area contributed by atoms with E-state index in [1.165, 1.54) is 57.8 Å². The standard InChI is InChI=1S/C19H17NO3.C11H26N2/c1-2-3-10-20-19(23)12-8-9-15-16(11-12)18(22)14-7-5-4-6-13(14)17(15)21;1-3-5-6-10-13-11-8-7-9-12-4-2/h4-9,11H,2-3,10H2,1H3,(H,20,23);12-13H,3-11H2,1-2H3. The van der Waals surface area contributed by atoms with Crippen LogP contribution in [0.5, 0.6) is 0 Å². The Morgan fingerprint density at radius 3 is 1.81 bits per heavy atom. The number of nitrogens with one attached hydrogen (secondary N) is 3. The molecule has 0 atom stereocenters. The molecular formula is C30H43N3O3. The molecule has 0 unspecified atom stereocenters.